The molecule has 0 aliphatic carbocycles. The number of fused-ring (bicyclic) bond motifs is 1. The van der Waals surface area contributed by atoms with E-state index in [-0.39, 0.29) is 54.4 Å². The standard InChI is InChI=1S/C23H19Cl5N6O8/c1-7(35)39-4-10-18(40-8(2)36)19(41-9(3)37)22(42-10)34-6-31-17-20(29-5-30-21(17)34)33-23(38)32-16-14(27)12(25)11(24)13(26)15(16)28/h5-6,10,18-19,22H,4H2,1-3H3,(H2,29,30,32,33,38)/t10-,18-,19-,22-/m1/s1. The van der Waals surface area contributed by atoms with Crippen LogP contribution in [0.3, 0.4) is 0 Å². The molecule has 224 valence electrons. The maximum absolute atomic E-state index is 12.9. The first-order valence-electron chi connectivity index (χ1n) is 11.7. The lowest BCUT2D eigenvalue weighted by molar-refractivity contribution is -0.166. The number of urea groups is 1. The van der Waals surface area contributed by atoms with E-state index in [0.29, 0.717) is 0 Å². The smallest absolute Gasteiger partial charge is 0.324 e. The van der Waals surface area contributed by atoms with Crippen LogP contribution in [-0.4, -0.2) is 68.4 Å². The van der Waals surface area contributed by atoms with Gasteiger partial charge >= 0.3 is 23.9 Å². The fourth-order valence-corrected chi connectivity index (χ4v) is 5.25. The number of halogens is 5. The van der Waals surface area contributed by atoms with Gasteiger partial charge in [0.05, 0.1) is 37.1 Å². The maximum atomic E-state index is 12.9. The van der Waals surface area contributed by atoms with Gasteiger partial charge in [-0.05, 0) is 0 Å². The third-order valence-corrected chi connectivity index (χ3v) is 7.93. The molecule has 3 heterocycles. The highest BCUT2D eigenvalue weighted by atomic mass is 35.5. The summed E-state index contributed by atoms with van der Waals surface area (Å²) >= 11 is 30.5. The lowest BCUT2D eigenvalue weighted by Gasteiger charge is -2.23. The second-order valence-corrected chi connectivity index (χ2v) is 10.5. The van der Waals surface area contributed by atoms with Gasteiger partial charge in [-0.2, -0.15) is 0 Å². The number of carbonyl (C=O) groups is 4. The Morgan fingerprint density at radius 2 is 1.43 bits per heavy atom. The summed E-state index contributed by atoms with van der Waals surface area (Å²) in [4.78, 5) is 60.6. The molecule has 2 aromatic heterocycles. The Morgan fingerprint density at radius 1 is 0.833 bits per heavy atom. The molecule has 0 radical (unpaired) electrons. The van der Waals surface area contributed by atoms with E-state index in [0.717, 1.165) is 20.2 Å². The number of amides is 2. The second-order valence-electron chi connectivity index (χ2n) is 8.59. The van der Waals surface area contributed by atoms with E-state index in [2.05, 4.69) is 25.6 Å². The minimum absolute atomic E-state index is 0.0512. The Morgan fingerprint density at radius 3 is 2.02 bits per heavy atom. The molecule has 4 atom stereocenters. The van der Waals surface area contributed by atoms with Crippen molar-refractivity contribution in [2.24, 2.45) is 0 Å². The summed E-state index contributed by atoms with van der Waals surface area (Å²) in [6.07, 6.45) is -2.08. The molecule has 2 N–H and O–H groups in total. The van der Waals surface area contributed by atoms with Crippen molar-refractivity contribution in [3.63, 3.8) is 0 Å². The molecule has 0 bridgehead atoms. The van der Waals surface area contributed by atoms with Crippen LogP contribution < -0.4 is 10.6 Å². The topological polar surface area (TPSA) is 173 Å². The normalized spacial score (nSPS) is 19.8. The minimum atomic E-state index is -1.19. The van der Waals surface area contributed by atoms with Gasteiger partial charge in [0.2, 0.25) is 0 Å². The average Bonchev–Trinajstić information content (AvgIpc) is 3.49. The number of anilines is 2. The van der Waals surface area contributed by atoms with Crippen molar-refractivity contribution in [2.75, 3.05) is 17.2 Å². The zero-order chi connectivity index (χ0) is 30.9. The van der Waals surface area contributed by atoms with E-state index in [9.17, 15) is 19.2 Å². The number of nitrogens with zero attached hydrogens (tertiary/aromatic N) is 4. The number of esters is 3. The van der Waals surface area contributed by atoms with Gasteiger partial charge in [-0.25, -0.2) is 19.7 Å². The maximum Gasteiger partial charge on any atom is 0.324 e. The molecule has 0 unspecified atom stereocenters. The lowest BCUT2D eigenvalue weighted by Crippen LogP contribution is -2.40. The zero-order valence-electron chi connectivity index (χ0n) is 21.6. The van der Waals surface area contributed by atoms with E-state index in [1.54, 1.807) is 0 Å². The first-order chi connectivity index (χ1) is 19.8. The molecule has 0 spiro atoms. The fraction of sp³-hybridized carbons (Fsp3) is 0.348. The molecule has 1 aliphatic heterocycles. The Balaban J connectivity index is 1.65. The fourth-order valence-electron chi connectivity index (χ4n) is 4.01. The molecule has 4 rings (SSSR count). The molecule has 1 aromatic carbocycles. The van der Waals surface area contributed by atoms with E-state index in [4.69, 9.17) is 77.0 Å². The van der Waals surface area contributed by atoms with Gasteiger partial charge in [-0.1, -0.05) is 58.0 Å². The van der Waals surface area contributed by atoms with Crippen LogP contribution in [0.15, 0.2) is 12.7 Å². The quantitative estimate of drug-likeness (QED) is 0.147. The predicted molar refractivity (Wildman–Crippen MR) is 151 cm³/mol. The van der Waals surface area contributed by atoms with Gasteiger partial charge in [0.25, 0.3) is 0 Å². The summed E-state index contributed by atoms with van der Waals surface area (Å²) in [5.41, 5.74) is 0.116. The monoisotopic (exact) mass is 682 g/mol. The summed E-state index contributed by atoms with van der Waals surface area (Å²) in [7, 11) is 0. The van der Waals surface area contributed by atoms with E-state index >= 15 is 0 Å². The number of aromatic nitrogens is 4. The summed E-state index contributed by atoms with van der Waals surface area (Å²) in [6.45, 7) is 3.21. The SMILES string of the molecule is CC(=O)OC[C@H]1O[C@@H](n2cnc3c(NC(=O)Nc4c(Cl)c(Cl)c(Cl)c(Cl)c4Cl)ncnc32)[C@H](OC(C)=O)[C@@H]1OC(C)=O. The predicted octanol–water partition coefficient (Wildman–Crippen LogP) is 5.06. The third kappa shape index (κ3) is 6.58. The molecule has 14 nitrogen and oxygen atoms in total. The molecule has 3 aromatic rings. The Kier molecular flexibility index (Phi) is 9.85. The number of benzene rings is 1. The highest BCUT2D eigenvalue weighted by Gasteiger charge is 2.51. The van der Waals surface area contributed by atoms with Crippen molar-refractivity contribution in [2.45, 2.75) is 45.3 Å². The van der Waals surface area contributed by atoms with Crippen molar-refractivity contribution in [3.8, 4) is 0 Å². The number of imidazole rings is 1. The van der Waals surface area contributed by atoms with Gasteiger partial charge < -0.3 is 24.3 Å². The van der Waals surface area contributed by atoms with E-state index in [1.165, 1.54) is 17.8 Å². The molecule has 1 fully saturated rings. The van der Waals surface area contributed by atoms with Gasteiger partial charge in [-0.3, -0.25) is 24.3 Å². The van der Waals surface area contributed by atoms with Crippen LogP contribution in [0, 0.1) is 0 Å². The van der Waals surface area contributed by atoms with Gasteiger partial charge in [0.1, 0.15) is 19.0 Å². The molecular formula is C23H19Cl5N6O8. The third-order valence-electron chi connectivity index (χ3n) is 5.65. The minimum Gasteiger partial charge on any atom is -0.463 e. The van der Waals surface area contributed by atoms with Crippen LogP contribution in [0.25, 0.3) is 11.2 Å². The molecule has 0 saturated carbocycles. The number of ether oxygens (including phenoxy) is 4. The summed E-state index contributed by atoms with van der Waals surface area (Å²) < 4.78 is 23.3. The Labute approximate surface area is 261 Å². The first-order valence-corrected chi connectivity index (χ1v) is 13.6. The molecule has 2 amide bonds. The van der Waals surface area contributed by atoms with Crippen molar-refractivity contribution in [3.05, 3.63) is 37.8 Å². The van der Waals surface area contributed by atoms with Crippen molar-refractivity contribution < 1.29 is 38.1 Å². The second kappa shape index (κ2) is 13.0. The van der Waals surface area contributed by atoms with Gasteiger partial charge in [0, 0.05) is 20.8 Å². The highest BCUT2D eigenvalue weighted by molar-refractivity contribution is 6.56. The molecule has 1 saturated heterocycles. The van der Waals surface area contributed by atoms with Crippen LogP contribution in [0.5, 0.6) is 0 Å². The van der Waals surface area contributed by atoms with Gasteiger partial charge in [-0.15, -0.1) is 0 Å². The summed E-state index contributed by atoms with van der Waals surface area (Å²) in [6, 6.07) is -0.853. The first kappa shape index (κ1) is 31.8. The molecule has 19 heteroatoms. The summed E-state index contributed by atoms with van der Waals surface area (Å²) in [5.74, 6) is -2.04. The molecular weight excluding hydrogens is 666 g/mol. The van der Waals surface area contributed by atoms with Crippen molar-refractivity contribution >= 4 is 105 Å². The zero-order valence-corrected chi connectivity index (χ0v) is 25.4. The number of nitrogens with one attached hydrogen (secondary N) is 2. The highest BCUT2D eigenvalue weighted by Crippen LogP contribution is 2.47. The lowest BCUT2D eigenvalue weighted by atomic mass is 10.1. The number of carbonyl (C=O) groups excluding carboxylic acids is 4. The largest absolute Gasteiger partial charge is 0.463 e. The van der Waals surface area contributed by atoms with E-state index < -0.39 is 48.5 Å². The average molecular weight is 685 g/mol. The van der Waals surface area contributed by atoms with Crippen LogP contribution in [0.1, 0.15) is 27.0 Å². The Hall–Kier alpha value is -3.14. The number of rotatable bonds is 7. The van der Waals surface area contributed by atoms with Gasteiger partial charge in [0.15, 0.2) is 35.4 Å². The Bertz CT molecular complexity index is 1560. The van der Waals surface area contributed by atoms with Crippen molar-refractivity contribution in [1.29, 1.82) is 0 Å². The van der Waals surface area contributed by atoms with Crippen LogP contribution in [0.2, 0.25) is 25.1 Å². The summed E-state index contributed by atoms with van der Waals surface area (Å²) in [5, 5.41) is 4.31. The van der Waals surface area contributed by atoms with Crippen LogP contribution in [-0.2, 0) is 33.3 Å². The number of hydrogen-bond acceptors (Lipinski definition) is 11. The van der Waals surface area contributed by atoms with Crippen LogP contribution in [0.4, 0.5) is 16.3 Å². The van der Waals surface area contributed by atoms with Crippen LogP contribution >= 0.6 is 58.0 Å². The molecule has 1 aliphatic rings. The number of hydrogen-bond donors (Lipinski definition) is 2. The molecule has 42 heavy (non-hydrogen) atoms. The van der Waals surface area contributed by atoms with E-state index in [1.807, 2.05) is 0 Å². The van der Waals surface area contributed by atoms with Crippen molar-refractivity contribution in [1.82, 2.24) is 19.5 Å².